The van der Waals surface area contributed by atoms with Crippen molar-refractivity contribution in [3.63, 3.8) is 0 Å². The number of imide groups is 1. The van der Waals surface area contributed by atoms with E-state index in [-0.39, 0.29) is 30.4 Å². The topological polar surface area (TPSA) is 66.8 Å². The molecular formula is C19H24BrNO4. The standard InChI is InChI=1S/C19H24BrNO4/c1-11(2)16-10-25-19(24)21(16)18(23)13(4)9-12(3)17(22)14-5-7-15(20)8-6-14/h5-9,11-12,16-17,22H,10H2,1-4H3/b13-9+/t12-,16+,17+/m0/s1. The van der Waals surface area contributed by atoms with Crippen molar-refractivity contribution < 1.29 is 19.4 Å². The van der Waals surface area contributed by atoms with Gasteiger partial charge in [-0.15, -0.1) is 0 Å². The molecule has 25 heavy (non-hydrogen) atoms. The van der Waals surface area contributed by atoms with Crippen LogP contribution in [0.3, 0.4) is 0 Å². The van der Waals surface area contributed by atoms with Gasteiger partial charge in [0.1, 0.15) is 6.61 Å². The minimum Gasteiger partial charge on any atom is -0.447 e. The molecule has 136 valence electrons. The third kappa shape index (κ3) is 4.50. The first-order valence-corrected chi connectivity index (χ1v) is 9.14. The number of carbonyl (C=O) groups excluding carboxylic acids is 2. The van der Waals surface area contributed by atoms with Crippen molar-refractivity contribution in [2.45, 2.75) is 39.8 Å². The maximum Gasteiger partial charge on any atom is 0.417 e. The summed E-state index contributed by atoms with van der Waals surface area (Å²) in [4.78, 5) is 25.8. The number of ether oxygens (including phenoxy) is 1. The van der Waals surface area contributed by atoms with Crippen molar-refractivity contribution in [1.29, 1.82) is 0 Å². The smallest absolute Gasteiger partial charge is 0.417 e. The molecule has 0 bridgehead atoms. The third-order valence-corrected chi connectivity index (χ3v) is 4.98. The molecule has 1 aromatic carbocycles. The average molecular weight is 410 g/mol. The maximum absolute atomic E-state index is 12.7. The van der Waals surface area contributed by atoms with Gasteiger partial charge in [-0.3, -0.25) is 4.79 Å². The molecule has 0 aliphatic carbocycles. The Kier molecular flexibility index (Phi) is 6.41. The molecule has 1 heterocycles. The van der Waals surface area contributed by atoms with Crippen molar-refractivity contribution in [3.05, 3.63) is 46.0 Å². The van der Waals surface area contributed by atoms with Gasteiger partial charge in [-0.2, -0.15) is 0 Å². The van der Waals surface area contributed by atoms with Gasteiger partial charge in [0.2, 0.25) is 0 Å². The molecule has 0 radical (unpaired) electrons. The summed E-state index contributed by atoms with van der Waals surface area (Å²) in [5.41, 5.74) is 1.20. The fourth-order valence-electron chi connectivity index (χ4n) is 2.87. The molecule has 2 amide bonds. The molecule has 3 atom stereocenters. The Morgan fingerprint density at radius 2 is 1.92 bits per heavy atom. The summed E-state index contributed by atoms with van der Waals surface area (Å²) < 4.78 is 5.96. The van der Waals surface area contributed by atoms with Crippen LogP contribution in [0.2, 0.25) is 0 Å². The highest BCUT2D eigenvalue weighted by Gasteiger charge is 2.40. The molecule has 5 nitrogen and oxygen atoms in total. The van der Waals surface area contributed by atoms with Crippen LogP contribution in [0, 0.1) is 11.8 Å². The van der Waals surface area contributed by atoms with Crippen LogP contribution >= 0.6 is 15.9 Å². The first kappa shape index (κ1) is 19.7. The van der Waals surface area contributed by atoms with Crippen molar-refractivity contribution >= 4 is 27.9 Å². The molecule has 1 N–H and O–H groups in total. The number of amides is 2. The van der Waals surface area contributed by atoms with Crippen LogP contribution in [0.25, 0.3) is 0 Å². The second kappa shape index (κ2) is 8.15. The van der Waals surface area contributed by atoms with Crippen LogP contribution in [0.15, 0.2) is 40.4 Å². The van der Waals surface area contributed by atoms with Gasteiger partial charge < -0.3 is 9.84 Å². The number of carbonyl (C=O) groups is 2. The highest BCUT2D eigenvalue weighted by Crippen LogP contribution is 2.27. The van der Waals surface area contributed by atoms with Crippen molar-refractivity contribution in [2.24, 2.45) is 11.8 Å². The average Bonchev–Trinajstić information content (AvgIpc) is 2.95. The van der Waals surface area contributed by atoms with Crippen LogP contribution in [0.1, 0.15) is 39.4 Å². The lowest BCUT2D eigenvalue weighted by Crippen LogP contribution is -2.42. The summed E-state index contributed by atoms with van der Waals surface area (Å²) >= 11 is 3.36. The lowest BCUT2D eigenvalue weighted by atomic mass is 9.95. The molecule has 0 saturated carbocycles. The number of benzene rings is 1. The van der Waals surface area contributed by atoms with Gasteiger partial charge in [0.25, 0.3) is 5.91 Å². The van der Waals surface area contributed by atoms with Crippen molar-refractivity contribution in [2.75, 3.05) is 6.61 Å². The van der Waals surface area contributed by atoms with E-state index in [2.05, 4.69) is 15.9 Å². The van der Waals surface area contributed by atoms with Gasteiger partial charge in [-0.05, 0) is 30.5 Å². The third-order valence-electron chi connectivity index (χ3n) is 4.45. The summed E-state index contributed by atoms with van der Waals surface area (Å²) in [7, 11) is 0. The molecule has 1 fully saturated rings. The number of hydrogen-bond donors (Lipinski definition) is 1. The maximum atomic E-state index is 12.7. The summed E-state index contributed by atoms with van der Waals surface area (Å²) in [5.74, 6) is -0.522. The molecule has 2 rings (SSSR count). The number of rotatable bonds is 5. The number of halogens is 1. The summed E-state index contributed by atoms with van der Waals surface area (Å²) in [6.07, 6.45) is 0.373. The monoisotopic (exact) mass is 409 g/mol. The Labute approximate surface area is 156 Å². The predicted octanol–water partition coefficient (Wildman–Crippen LogP) is 4.07. The number of cyclic esters (lactones) is 1. The molecule has 1 aromatic rings. The van der Waals surface area contributed by atoms with Crippen LogP contribution in [0.4, 0.5) is 4.79 Å². The van der Waals surface area contributed by atoms with Gasteiger partial charge in [0.05, 0.1) is 12.1 Å². The van der Waals surface area contributed by atoms with E-state index < -0.39 is 12.2 Å². The molecular weight excluding hydrogens is 386 g/mol. The molecule has 1 aliphatic heterocycles. The SMILES string of the molecule is C/C(=C\[C@H](C)[C@@H](O)c1ccc(Br)cc1)C(=O)N1C(=O)OC[C@@H]1C(C)C. The highest BCUT2D eigenvalue weighted by atomic mass is 79.9. The lowest BCUT2D eigenvalue weighted by Gasteiger charge is -2.23. The Bertz CT molecular complexity index is 669. The number of aliphatic hydroxyl groups is 1. The first-order chi connectivity index (χ1) is 11.7. The largest absolute Gasteiger partial charge is 0.447 e. The summed E-state index contributed by atoms with van der Waals surface area (Å²) in [5, 5.41) is 10.5. The number of nitrogens with zero attached hydrogens (tertiary/aromatic N) is 1. The highest BCUT2D eigenvalue weighted by molar-refractivity contribution is 9.10. The van der Waals surface area contributed by atoms with E-state index in [0.717, 1.165) is 10.0 Å². The fraction of sp³-hybridized carbons (Fsp3) is 0.474. The van der Waals surface area contributed by atoms with E-state index in [1.807, 2.05) is 45.0 Å². The molecule has 1 aliphatic rings. The molecule has 1 saturated heterocycles. The van der Waals surface area contributed by atoms with Crippen molar-refractivity contribution in [1.82, 2.24) is 4.90 Å². The second-order valence-corrected chi connectivity index (χ2v) is 7.68. The second-order valence-electron chi connectivity index (χ2n) is 6.77. The van der Waals surface area contributed by atoms with Gasteiger partial charge in [-0.1, -0.05) is 54.9 Å². The minimum atomic E-state index is -0.734. The molecule has 0 spiro atoms. The Morgan fingerprint density at radius 3 is 2.48 bits per heavy atom. The Morgan fingerprint density at radius 1 is 1.32 bits per heavy atom. The zero-order valence-corrected chi connectivity index (χ0v) is 16.5. The van der Waals surface area contributed by atoms with E-state index in [1.54, 1.807) is 13.0 Å². The normalized spacial score (nSPS) is 20.6. The van der Waals surface area contributed by atoms with Gasteiger partial charge in [-0.25, -0.2) is 9.69 Å². The van der Waals surface area contributed by atoms with Crippen molar-refractivity contribution in [3.8, 4) is 0 Å². The predicted molar refractivity (Wildman–Crippen MR) is 98.8 cm³/mol. The van der Waals surface area contributed by atoms with Gasteiger partial charge in [0.15, 0.2) is 0 Å². The van der Waals surface area contributed by atoms with E-state index >= 15 is 0 Å². The van der Waals surface area contributed by atoms with Crippen LogP contribution < -0.4 is 0 Å². The zero-order chi connectivity index (χ0) is 18.7. The fourth-order valence-corrected chi connectivity index (χ4v) is 3.13. The van der Waals surface area contributed by atoms with E-state index in [9.17, 15) is 14.7 Å². The number of hydrogen-bond acceptors (Lipinski definition) is 4. The van der Waals surface area contributed by atoms with Gasteiger partial charge >= 0.3 is 6.09 Å². The molecule has 0 unspecified atom stereocenters. The minimum absolute atomic E-state index is 0.119. The van der Waals surface area contributed by atoms with Crippen LogP contribution in [-0.2, 0) is 9.53 Å². The van der Waals surface area contributed by atoms with E-state index in [0.29, 0.717) is 5.57 Å². The van der Waals surface area contributed by atoms with Crippen LogP contribution in [0.5, 0.6) is 0 Å². The van der Waals surface area contributed by atoms with E-state index in [4.69, 9.17) is 4.74 Å². The Balaban J connectivity index is 2.14. The molecule has 6 heteroatoms. The quantitative estimate of drug-likeness (QED) is 0.744. The lowest BCUT2D eigenvalue weighted by molar-refractivity contribution is -0.125. The van der Waals surface area contributed by atoms with E-state index in [1.165, 1.54) is 4.90 Å². The van der Waals surface area contributed by atoms with Crippen LogP contribution in [-0.4, -0.2) is 34.7 Å². The Hall–Kier alpha value is -1.66. The summed E-state index contributed by atoms with van der Waals surface area (Å²) in [6, 6.07) is 7.14. The first-order valence-electron chi connectivity index (χ1n) is 8.34. The molecule has 0 aromatic heterocycles. The van der Waals surface area contributed by atoms with Gasteiger partial charge in [0, 0.05) is 16.0 Å². The zero-order valence-electron chi connectivity index (χ0n) is 14.9. The number of aliphatic hydroxyl groups excluding tert-OH is 1. The summed E-state index contributed by atoms with van der Waals surface area (Å²) in [6.45, 7) is 7.63.